The Morgan fingerprint density at radius 1 is 1.33 bits per heavy atom. The molecule has 0 bridgehead atoms. The molecule has 1 aliphatic rings. The van der Waals surface area contributed by atoms with Crippen LogP contribution in [-0.4, -0.2) is 47.1 Å². The second-order valence-corrected chi connectivity index (χ2v) is 5.44. The number of benzene rings is 1. The SMILES string of the molecule is C[C@@H](O)[C@@H]1CCCCN1C(=O)CNC(=O)c1ccccc1. The summed E-state index contributed by atoms with van der Waals surface area (Å²) in [6.07, 6.45) is 2.24. The second-order valence-electron chi connectivity index (χ2n) is 5.44. The maximum atomic E-state index is 12.2. The fraction of sp³-hybridized carbons (Fsp3) is 0.500. The van der Waals surface area contributed by atoms with Crippen molar-refractivity contribution in [3.05, 3.63) is 35.9 Å². The highest BCUT2D eigenvalue weighted by Gasteiger charge is 2.29. The van der Waals surface area contributed by atoms with Gasteiger partial charge in [0.1, 0.15) is 0 Å². The van der Waals surface area contributed by atoms with Gasteiger partial charge in [0.25, 0.3) is 5.91 Å². The van der Waals surface area contributed by atoms with E-state index in [-0.39, 0.29) is 24.4 Å². The monoisotopic (exact) mass is 290 g/mol. The second kappa shape index (κ2) is 7.22. The molecule has 5 heteroatoms. The molecule has 1 aliphatic heterocycles. The van der Waals surface area contributed by atoms with E-state index in [0.717, 1.165) is 19.3 Å². The molecule has 1 saturated heterocycles. The van der Waals surface area contributed by atoms with Gasteiger partial charge in [-0.15, -0.1) is 0 Å². The number of carbonyl (C=O) groups is 2. The van der Waals surface area contributed by atoms with Gasteiger partial charge in [-0.1, -0.05) is 18.2 Å². The molecule has 2 atom stereocenters. The maximum absolute atomic E-state index is 12.2. The van der Waals surface area contributed by atoms with Gasteiger partial charge in [-0.25, -0.2) is 0 Å². The van der Waals surface area contributed by atoms with Crippen LogP contribution in [0, 0.1) is 0 Å². The summed E-state index contributed by atoms with van der Waals surface area (Å²) in [5, 5.41) is 12.4. The highest BCUT2D eigenvalue weighted by atomic mass is 16.3. The molecule has 2 N–H and O–H groups in total. The van der Waals surface area contributed by atoms with Crippen LogP contribution in [0.3, 0.4) is 0 Å². The molecule has 0 unspecified atom stereocenters. The van der Waals surface area contributed by atoms with Crippen LogP contribution in [0.4, 0.5) is 0 Å². The molecular formula is C16H22N2O3. The molecule has 0 aliphatic carbocycles. The summed E-state index contributed by atoms with van der Waals surface area (Å²) in [5.41, 5.74) is 0.538. The molecule has 0 radical (unpaired) electrons. The van der Waals surface area contributed by atoms with Gasteiger partial charge in [-0.2, -0.15) is 0 Å². The number of aliphatic hydroxyl groups is 1. The standard InChI is InChI=1S/C16H22N2O3/c1-12(19)14-9-5-6-10-18(14)15(20)11-17-16(21)13-7-3-2-4-8-13/h2-4,7-8,12,14,19H,5-6,9-11H2,1H3,(H,17,21)/t12-,14+/m1/s1. The highest BCUT2D eigenvalue weighted by molar-refractivity contribution is 5.96. The van der Waals surface area contributed by atoms with Crippen molar-refractivity contribution in [1.82, 2.24) is 10.2 Å². The van der Waals surface area contributed by atoms with Gasteiger partial charge in [0.15, 0.2) is 0 Å². The predicted molar refractivity (Wildman–Crippen MR) is 79.8 cm³/mol. The summed E-state index contributed by atoms with van der Waals surface area (Å²) in [5.74, 6) is -0.389. The Kier molecular flexibility index (Phi) is 5.33. The molecule has 0 spiro atoms. The van der Waals surface area contributed by atoms with E-state index in [1.807, 2.05) is 6.07 Å². The lowest BCUT2D eigenvalue weighted by Crippen LogP contribution is -2.51. The van der Waals surface area contributed by atoms with Gasteiger partial charge in [-0.3, -0.25) is 9.59 Å². The van der Waals surface area contributed by atoms with Crippen LogP contribution in [-0.2, 0) is 4.79 Å². The first kappa shape index (κ1) is 15.5. The molecular weight excluding hydrogens is 268 g/mol. The smallest absolute Gasteiger partial charge is 0.251 e. The first-order chi connectivity index (χ1) is 10.1. The van der Waals surface area contributed by atoms with Gasteiger partial charge in [0, 0.05) is 12.1 Å². The maximum Gasteiger partial charge on any atom is 0.251 e. The number of hydrogen-bond acceptors (Lipinski definition) is 3. The third-order valence-electron chi connectivity index (χ3n) is 3.86. The van der Waals surface area contributed by atoms with Crippen molar-refractivity contribution in [3.63, 3.8) is 0 Å². The predicted octanol–water partition coefficient (Wildman–Crippen LogP) is 1.18. The number of nitrogens with zero attached hydrogens (tertiary/aromatic N) is 1. The van der Waals surface area contributed by atoms with Crippen molar-refractivity contribution in [2.45, 2.75) is 38.3 Å². The van der Waals surface area contributed by atoms with Crippen LogP contribution in [0.1, 0.15) is 36.5 Å². The average Bonchev–Trinajstić information content (AvgIpc) is 2.53. The minimum Gasteiger partial charge on any atom is -0.391 e. The first-order valence-corrected chi connectivity index (χ1v) is 7.40. The zero-order valence-corrected chi connectivity index (χ0v) is 12.3. The van der Waals surface area contributed by atoms with E-state index in [0.29, 0.717) is 12.1 Å². The Bertz CT molecular complexity index is 488. The molecule has 1 heterocycles. The molecule has 5 nitrogen and oxygen atoms in total. The number of aliphatic hydroxyl groups excluding tert-OH is 1. The molecule has 1 aromatic carbocycles. The third-order valence-corrected chi connectivity index (χ3v) is 3.86. The van der Waals surface area contributed by atoms with Crippen LogP contribution in [0.15, 0.2) is 30.3 Å². The molecule has 1 fully saturated rings. The van der Waals surface area contributed by atoms with Crippen molar-refractivity contribution in [3.8, 4) is 0 Å². The largest absolute Gasteiger partial charge is 0.391 e. The fourth-order valence-corrected chi connectivity index (χ4v) is 2.72. The minimum absolute atomic E-state index is 0.0308. The Morgan fingerprint density at radius 3 is 2.71 bits per heavy atom. The van der Waals surface area contributed by atoms with Crippen molar-refractivity contribution >= 4 is 11.8 Å². The number of piperidine rings is 1. The molecule has 2 rings (SSSR count). The summed E-state index contributed by atoms with van der Waals surface area (Å²) >= 11 is 0. The summed E-state index contributed by atoms with van der Waals surface area (Å²) in [4.78, 5) is 25.9. The van der Waals surface area contributed by atoms with Crippen LogP contribution >= 0.6 is 0 Å². The van der Waals surface area contributed by atoms with E-state index in [9.17, 15) is 14.7 Å². The number of likely N-dealkylation sites (tertiary alicyclic amines) is 1. The lowest BCUT2D eigenvalue weighted by molar-refractivity contribution is -0.136. The number of hydrogen-bond donors (Lipinski definition) is 2. The van der Waals surface area contributed by atoms with Crippen molar-refractivity contribution < 1.29 is 14.7 Å². The Balaban J connectivity index is 1.90. The highest BCUT2D eigenvalue weighted by Crippen LogP contribution is 2.19. The normalized spacial score (nSPS) is 19.9. The molecule has 21 heavy (non-hydrogen) atoms. The fourth-order valence-electron chi connectivity index (χ4n) is 2.72. The Labute approximate surface area is 125 Å². The van der Waals surface area contributed by atoms with Gasteiger partial charge in [-0.05, 0) is 38.3 Å². The van der Waals surface area contributed by atoms with E-state index < -0.39 is 6.10 Å². The van der Waals surface area contributed by atoms with Crippen LogP contribution in [0.5, 0.6) is 0 Å². The van der Waals surface area contributed by atoms with Crippen molar-refractivity contribution in [1.29, 1.82) is 0 Å². The molecule has 2 amide bonds. The molecule has 0 aromatic heterocycles. The number of nitrogens with one attached hydrogen (secondary N) is 1. The molecule has 0 saturated carbocycles. The lowest BCUT2D eigenvalue weighted by Gasteiger charge is -2.37. The lowest BCUT2D eigenvalue weighted by atomic mass is 9.98. The number of amides is 2. The summed E-state index contributed by atoms with van der Waals surface area (Å²) in [7, 11) is 0. The summed E-state index contributed by atoms with van der Waals surface area (Å²) in [6.45, 7) is 2.32. The number of rotatable bonds is 4. The minimum atomic E-state index is -0.543. The van der Waals surface area contributed by atoms with Crippen molar-refractivity contribution in [2.75, 3.05) is 13.1 Å². The first-order valence-electron chi connectivity index (χ1n) is 7.40. The van der Waals surface area contributed by atoms with Crippen molar-refractivity contribution in [2.24, 2.45) is 0 Å². The van der Waals surface area contributed by atoms with Crippen LogP contribution in [0.25, 0.3) is 0 Å². The Morgan fingerprint density at radius 2 is 2.05 bits per heavy atom. The zero-order chi connectivity index (χ0) is 15.2. The van der Waals surface area contributed by atoms with Gasteiger partial charge >= 0.3 is 0 Å². The molecule has 1 aromatic rings. The quantitative estimate of drug-likeness (QED) is 0.875. The average molecular weight is 290 g/mol. The van der Waals surface area contributed by atoms with E-state index in [1.165, 1.54) is 0 Å². The topological polar surface area (TPSA) is 69.6 Å². The summed E-state index contributed by atoms with van der Waals surface area (Å²) in [6, 6.07) is 8.68. The number of carbonyl (C=O) groups excluding carboxylic acids is 2. The van der Waals surface area contributed by atoms with Crippen LogP contribution < -0.4 is 5.32 Å². The van der Waals surface area contributed by atoms with Gasteiger partial charge in [0.05, 0.1) is 18.7 Å². The van der Waals surface area contributed by atoms with E-state index >= 15 is 0 Å². The van der Waals surface area contributed by atoms with E-state index in [4.69, 9.17) is 0 Å². The van der Waals surface area contributed by atoms with E-state index in [1.54, 1.807) is 36.1 Å². The zero-order valence-electron chi connectivity index (χ0n) is 12.3. The Hall–Kier alpha value is -1.88. The molecule has 114 valence electrons. The summed E-state index contributed by atoms with van der Waals surface area (Å²) < 4.78 is 0. The van der Waals surface area contributed by atoms with E-state index in [2.05, 4.69) is 5.32 Å². The van der Waals surface area contributed by atoms with Gasteiger partial charge < -0.3 is 15.3 Å². The van der Waals surface area contributed by atoms with Crippen LogP contribution in [0.2, 0.25) is 0 Å². The third kappa shape index (κ3) is 4.04. The van der Waals surface area contributed by atoms with Gasteiger partial charge in [0.2, 0.25) is 5.91 Å².